The molecule has 1 spiro atoms. The molecule has 1 aliphatic carbocycles. The van der Waals surface area contributed by atoms with Crippen LogP contribution in [0.15, 0.2) is 0 Å². The Morgan fingerprint density at radius 1 is 1.53 bits per heavy atom. The first-order valence-corrected chi connectivity index (χ1v) is 7.98. The quantitative estimate of drug-likeness (QED) is 0.760. The highest BCUT2D eigenvalue weighted by Crippen LogP contribution is 2.58. The van der Waals surface area contributed by atoms with Gasteiger partial charge in [-0.3, -0.25) is 9.00 Å². The van der Waals surface area contributed by atoms with Gasteiger partial charge in [-0.2, -0.15) is 0 Å². The molecule has 1 heterocycles. The Morgan fingerprint density at radius 2 is 2.18 bits per heavy atom. The van der Waals surface area contributed by atoms with E-state index in [1.807, 2.05) is 6.92 Å². The predicted molar refractivity (Wildman–Crippen MR) is 69.2 cm³/mol. The van der Waals surface area contributed by atoms with Crippen LogP contribution in [0.5, 0.6) is 0 Å². The third kappa shape index (κ3) is 2.88. The van der Waals surface area contributed by atoms with Crippen molar-refractivity contribution in [2.24, 2.45) is 11.3 Å². The summed E-state index contributed by atoms with van der Waals surface area (Å²) in [7, 11) is -0.858. The Kier molecular flexibility index (Phi) is 3.88. The lowest BCUT2D eigenvalue weighted by molar-refractivity contribution is -0.123. The molecule has 2 fully saturated rings. The molecule has 3 atom stereocenters. The first kappa shape index (κ1) is 13.0. The van der Waals surface area contributed by atoms with E-state index < -0.39 is 10.8 Å². The van der Waals surface area contributed by atoms with E-state index in [0.717, 1.165) is 32.4 Å². The van der Waals surface area contributed by atoms with Crippen LogP contribution in [-0.4, -0.2) is 41.3 Å². The molecule has 0 radical (unpaired) electrons. The topological polar surface area (TPSA) is 58.2 Å². The normalized spacial score (nSPS) is 29.6. The third-order valence-electron chi connectivity index (χ3n) is 4.24. The zero-order valence-corrected chi connectivity index (χ0v) is 11.4. The number of carbonyl (C=O) groups is 1. The van der Waals surface area contributed by atoms with Gasteiger partial charge in [0.25, 0.3) is 0 Å². The van der Waals surface area contributed by atoms with E-state index in [1.54, 1.807) is 6.26 Å². The van der Waals surface area contributed by atoms with E-state index in [4.69, 9.17) is 0 Å². The van der Waals surface area contributed by atoms with Crippen LogP contribution < -0.4 is 10.6 Å². The van der Waals surface area contributed by atoms with Crippen LogP contribution in [0.4, 0.5) is 0 Å². The summed E-state index contributed by atoms with van der Waals surface area (Å²) in [6, 6.07) is 0. The van der Waals surface area contributed by atoms with Gasteiger partial charge in [0.2, 0.25) is 5.91 Å². The molecule has 1 saturated carbocycles. The van der Waals surface area contributed by atoms with E-state index in [1.165, 1.54) is 0 Å². The third-order valence-corrected chi connectivity index (χ3v) is 5.54. The number of piperidine rings is 1. The van der Waals surface area contributed by atoms with Crippen LogP contribution in [-0.2, 0) is 15.6 Å². The standard InChI is InChI=1S/C12H22N2O2S/c1-9(17(2)16)8-14-11(15)10-7-12(10)3-5-13-6-4-12/h9-10,13H,3-8H2,1-2H3,(H,14,15). The van der Waals surface area contributed by atoms with Crippen molar-refractivity contribution in [2.75, 3.05) is 25.9 Å². The van der Waals surface area contributed by atoms with Crippen molar-refractivity contribution in [1.82, 2.24) is 10.6 Å². The average molecular weight is 258 g/mol. The van der Waals surface area contributed by atoms with E-state index in [9.17, 15) is 9.00 Å². The molecule has 0 aromatic heterocycles. The van der Waals surface area contributed by atoms with Crippen molar-refractivity contribution >= 4 is 16.7 Å². The number of carbonyl (C=O) groups excluding carboxylic acids is 1. The van der Waals surface area contributed by atoms with Crippen LogP contribution in [0, 0.1) is 11.3 Å². The highest BCUT2D eigenvalue weighted by Gasteiger charge is 2.57. The second-order valence-corrected chi connectivity index (χ2v) is 7.23. The maximum atomic E-state index is 12.0. The summed E-state index contributed by atoms with van der Waals surface area (Å²) in [6.45, 7) is 4.52. The molecular formula is C12H22N2O2S. The highest BCUT2D eigenvalue weighted by molar-refractivity contribution is 7.84. The summed E-state index contributed by atoms with van der Waals surface area (Å²) >= 11 is 0. The van der Waals surface area contributed by atoms with Crippen molar-refractivity contribution in [3.63, 3.8) is 0 Å². The van der Waals surface area contributed by atoms with Gasteiger partial charge in [-0.1, -0.05) is 0 Å². The molecule has 1 aliphatic heterocycles. The minimum atomic E-state index is -0.858. The average Bonchev–Trinajstić information content (AvgIpc) is 3.00. The van der Waals surface area contributed by atoms with Crippen molar-refractivity contribution in [2.45, 2.75) is 31.4 Å². The second-order valence-electron chi connectivity index (χ2n) is 5.42. The molecule has 2 aliphatic rings. The van der Waals surface area contributed by atoms with E-state index >= 15 is 0 Å². The van der Waals surface area contributed by atoms with Gasteiger partial charge in [0.05, 0.1) is 0 Å². The lowest BCUT2D eigenvalue weighted by Crippen LogP contribution is -2.36. The molecule has 5 heteroatoms. The first-order chi connectivity index (χ1) is 8.05. The Hall–Kier alpha value is -0.420. The molecule has 2 N–H and O–H groups in total. The maximum absolute atomic E-state index is 12.0. The maximum Gasteiger partial charge on any atom is 0.223 e. The molecule has 0 bridgehead atoms. The Bertz CT molecular complexity index is 326. The van der Waals surface area contributed by atoms with Gasteiger partial charge in [0.15, 0.2) is 0 Å². The summed E-state index contributed by atoms with van der Waals surface area (Å²) in [6.07, 6.45) is 4.98. The summed E-state index contributed by atoms with van der Waals surface area (Å²) in [4.78, 5) is 12.0. The van der Waals surface area contributed by atoms with Crippen molar-refractivity contribution in [3.05, 3.63) is 0 Å². The summed E-state index contributed by atoms with van der Waals surface area (Å²) in [5, 5.41) is 6.32. The van der Waals surface area contributed by atoms with E-state index in [2.05, 4.69) is 10.6 Å². The van der Waals surface area contributed by atoms with Gasteiger partial charge in [0.1, 0.15) is 0 Å². The predicted octanol–water partition coefficient (Wildman–Crippen LogP) is 0.259. The fourth-order valence-corrected chi connectivity index (χ4v) is 3.00. The van der Waals surface area contributed by atoms with E-state index in [-0.39, 0.29) is 17.1 Å². The smallest absolute Gasteiger partial charge is 0.223 e. The molecule has 0 aromatic rings. The van der Waals surface area contributed by atoms with Gasteiger partial charge in [-0.05, 0) is 44.7 Å². The fraction of sp³-hybridized carbons (Fsp3) is 0.917. The zero-order valence-electron chi connectivity index (χ0n) is 10.6. The first-order valence-electron chi connectivity index (χ1n) is 6.36. The fourth-order valence-electron chi connectivity index (χ4n) is 2.68. The van der Waals surface area contributed by atoms with Crippen LogP contribution in [0.1, 0.15) is 26.2 Å². The van der Waals surface area contributed by atoms with Gasteiger partial charge in [-0.25, -0.2) is 0 Å². The molecule has 4 nitrogen and oxygen atoms in total. The molecule has 2 rings (SSSR count). The van der Waals surface area contributed by atoms with E-state index in [0.29, 0.717) is 12.0 Å². The van der Waals surface area contributed by atoms with Crippen LogP contribution in [0.2, 0.25) is 0 Å². The highest BCUT2D eigenvalue weighted by atomic mass is 32.2. The van der Waals surface area contributed by atoms with Gasteiger partial charge >= 0.3 is 0 Å². The summed E-state index contributed by atoms with van der Waals surface area (Å²) < 4.78 is 11.2. The molecule has 17 heavy (non-hydrogen) atoms. The summed E-state index contributed by atoms with van der Waals surface area (Å²) in [5.74, 6) is 0.381. The van der Waals surface area contributed by atoms with Crippen LogP contribution >= 0.6 is 0 Å². The molecule has 1 amide bonds. The molecular weight excluding hydrogens is 236 g/mol. The van der Waals surface area contributed by atoms with Crippen LogP contribution in [0.25, 0.3) is 0 Å². The van der Waals surface area contributed by atoms with Crippen molar-refractivity contribution in [1.29, 1.82) is 0 Å². The lowest BCUT2D eigenvalue weighted by atomic mass is 9.92. The molecule has 1 saturated heterocycles. The van der Waals surface area contributed by atoms with Gasteiger partial charge in [0, 0.05) is 34.8 Å². The number of hydrogen-bond donors (Lipinski definition) is 2. The number of nitrogens with one attached hydrogen (secondary N) is 2. The SMILES string of the molecule is CC(CNC(=O)C1CC12CCNCC2)S(C)=O. The summed E-state index contributed by atoms with van der Waals surface area (Å²) in [5.41, 5.74) is 0.296. The van der Waals surface area contributed by atoms with Gasteiger partial charge in [-0.15, -0.1) is 0 Å². The molecule has 98 valence electrons. The lowest BCUT2D eigenvalue weighted by Gasteiger charge is -2.23. The number of amides is 1. The van der Waals surface area contributed by atoms with Crippen molar-refractivity contribution < 1.29 is 9.00 Å². The largest absolute Gasteiger partial charge is 0.355 e. The van der Waals surface area contributed by atoms with Crippen molar-refractivity contribution in [3.8, 4) is 0 Å². The second kappa shape index (κ2) is 5.06. The number of rotatable bonds is 4. The minimum Gasteiger partial charge on any atom is -0.355 e. The Morgan fingerprint density at radius 3 is 2.76 bits per heavy atom. The molecule has 3 unspecified atom stereocenters. The monoisotopic (exact) mass is 258 g/mol. The van der Waals surface area contributed by atoms with Crippen LogP contribution in [0.3, 0.4) is 0 Å². The Labute approximate surface area is 105 Å². The minimum absolute atomic E-state index is 0.0432. The molecule has 0 aromatic carbocycles. The zero-order chi connectivity index (χ0) is 12.5. The Balaban J connectivity index is 1.77. The number of hydrogen-bond acceptors (Lipinski definition) is 3. The van der Waals surface area contributed by atoms with Gasteiger partial charge < -0.3 is 10.6 Å².